The van der Waals surface area contributed by atoms with Crippen LogP contribution in [0.1, 0.15) is 6.92 Å². The van der Waals surface area contributed by atoms with E-state index in [-0.39, 0.29) is 5.02 Å². The fourth-order valence-electron chi connectivity index (χ4n) is 3.08. The average Bonchev–Trinajstić information content (AvgIpc) is 2.94. The van der Waals surface area contributed by atoms with Crippen molar-refractivity contribution >= 4 is 40.8 Å². The highest BCUT2D eigenvalue weighted by molar-refractivity contribution is 6.36. The zero-order valence-electron chi connectivity index (χ0n) is 11.5. The van der Waals surface area contributed by atoms with Crippen LogP contribution in [0.4, 0.5) is 5.69 Å². The Morgan fingerprint density at radius 2 is 2.09 bits per heavy atom. The zero-order valence-corrected chi connectivity index (χ0v) is 13.1. The Morgan fingerprint density at radius 1 is 1.36 bits per heavy atom. The van der Waals surface area contributed by atoms with E-state index in [0.29, 0.717) is 10.7 Å². The van der Waals surface area contributed by atoms with E-state index in [1.54, 1.807) is 31.2 Å². The van der Waals surface area contributed by atoms with Crippen LogP contribution in [-0.2, 0) is 14.3 Å². The maximum absolute atomic E-state index is 12.6. The minimum atomic E-state index is -1.06. The van der Waals surface area contributed by atoms with Crippen molar-refractivity contribution in [1.29, 1.82) is 0 Å². The second kappa shape index (κ2) is 5.26. The Bertz CT molecular complexity index is 690. The van der Waals surface area contributed by atoms with Crippen LogP contribution in [-0.4, -0.2) is 28.7 Å². The molecule has 1 aromatic carbocycles. The van der Waals surface area contributed by atoms with Gasteiger partial charge in [0.25, 0.3) is 0 Å². The van der Waals surface area contributed by atoms with Crippen molar-refractivity contribution in [1.82, 2.24) is 0 Å². The number of halogens is 2. The largest absolute Gasteiger partial charge is 0.481 e. The standard InChI is InChI=1S/C15H13Cl2NO4/c1-15-5-4-10(22-15)11(14(20)21)12(15)13(19)18-9-3-2-7(16)6-8(9)17/h2-6,10-12H,1H3,(H,18,19)(H,20,21)/t10-,11+,12-,15+/m1/s1. The van der Waals surface area contributed by atoms with Gasteiger partial charge in [-0.3, -0.25) is 9.59 Å². The van der Waals surface area contributed by atoms with E-state index < -0.39 is 35.4 Å². The summed E-state index contributed by atoms with van der Waals surface area (Å²) in [5, 5.41) is 12.8. The number of carbonyl (C=O) groups is 2. The van der Waals surface area contributed by atoms with E-state index in [4.69, 9.17) is 27.9 Å². The monoisotopic (exact) mass is 341 g/mol. The molecule has 22 heavy (non-hydrogen) atoms. The molecule has 1 saturated heterocycles. The number of aliphatic carboxylic acids is 1. The van der Waals surface area contributed by atoms with Gasteiger partial charge in [-0.05, 0) is 25.1 Å². The number of carbonyl (C=O) groups excluding carboxylic acids is 1. The normalized spacial score (nSPS) is 32.2. The number of nitrogens with one attached hydrogen (secondary N) is 1. The maximum atomic E-state index is 12.6. The highest BCUT2D eigenvalue weighted by Gasteiger charge is 2.59. The van der Waals surface area contributed by atoms with Crippen molar-refractivity contribution in [3.63, 3.8) is 0 Å². The third-order valence-electron chi connectivity index (χ3n) is 4.09. The molecule has 4 atom stereocenters. The minimum Gasteiger partial charge on any atom is -0.481 e. The number of hydrogen-bond acceptors (Lipinski definition) is 3. The van der Waals surface area contributed by atoms with Gasteiger partial charge in [-0.25, -0.2) is 0 Å². The second-order valence-electron chi connectivity index (χ2n) is 5.58. The first-order chi connectivity index (χ1) is 10.3. The molecule has 0 aliphatic carbocycles. The van der Waals surface area contributed by atoms with Gasteiger partial charge >= 0.3 is 5.97 Å². The maximum Gasteiger partial charge on any atom is 0.310 e. The van der Waals surface area contributed by atoms with Crippen molar-refractivity contribution in [2.45, 2.75) is 18.6 Å². The van der Waals surface area contributed by atoms with Crippen molar-refractivity contribution in [2.24, 2.45) is 11.8 Å². The summed E-state index contributed by atoms with van der Waals surface area (Å²) in [6.45, 7) is 1.71. The van der Waals surface area contributed by atoms with Gasteiger partial charge in [0, 0.05) is 5.02 Å². The molecule has 2 N–H and O–H groups in total. The Balaban J connectivity index is 1.88. The molecule has 0 saturated carbocycles. The van der Waals surface area contributed by atoms with E-state index in [1.807, 2.05) is 0 Å². The number of amides is 1. The lowest BCUT2D eigenvalue weighted by Crippen LogP contribution is -2.44. The zero-order chi connectivity index (χ0) is 16.1. The molecule has 0 radical (unpaired) electrons. The third-order valence-corrected chi connectivity index (χ3v) is 4.64. The molecule has 1 aromatic rings. The number of benzene rings is 1. The van der Waals surface area contributed by atoms with Crippen LogP contribution in [0.15, 0.2) is 30.4 Å². The number of ether oxygens (including phenoxy) is 1. The highest BCUT2D eigenvalue weighted by atomic mass is 35.5. The Morgan fingerprint density at radius 3 is 2.73 bits per heavy atom. The van der Waals surface area contributed by atoms with Crippen LogP contribution >= 0.6 is 23.2 Å². The van der Waals surface area contributed by atoms with Crippen LogP contribution in [0.25, 0.3) is 0 Å². The number of rotatable bonds is 3. The van der Waals surface area contributed by atoms with E-state index in [2.05, 4.69) is 5.32 Å². The summed E-state index contributed by atoms with van der Waals surface area (Å²) in [6, 6.07) is 4.67. The van der Waals surface area contributed by atoms with Gasteiger partial charge in [-0.15, -0.1) is 0 Å². The Labute approximate surface area is 136 Å². The average molecular weight is 342 g/mol. The van der Waals surface area contributed by atoms with Gasteiger partial charge in [-0.2, -0.15) is 0 Å². The van der Waals surface area contributed by atoms with Gasteiger partial charge in [0.1, 0.15) is 5.92 Å². The summed E-state index contributed by atoms with van der Waals surface area (Å²) in [5.41, 5.74) is -0.535. The molecular weight excluding hydrogens is 329 g/mol. The van der Waals surface area contributed by atoms with Crippen molar-refractivity contribution in [3.8, 4) is 0 Å². The molecule has 1 fully saturated rings. The molecule has 116 valence electrons. The molecule has 2 aliphatic rings. The molecule has 2 heterocycles. The lowest BCUT2D eigenvalue weighted by Gasteiger charge is -2.28. The Kier molecular flexibility index (Phi) is 3.67. The molecule has 0 spiro atoms. The van der Waals surface area contributed by atoms with E-state index in [0.717, 1.165) is 0 Å². The predicted octanol–water partition coefficient (Wildman–Crippen LogP) is 2.98. The van der Waals surface area contributed by atoms with Crippen LogP contribution in [0.3, 0.4) is 0 Å². The summed E-state index contributed by atoms with van der Waals surface area (Å²) in [7, 11) is 0. The van der Waals surface area contributed by atoms with E-state index in [1.165, 1.54) is 6.07 Å². The number of anilines is 1. The van der Waals surface area contributed by atoms with Gasteiger partial charge < -0.3 is 15.2 Å². The first kappa shape index (κ1) is 15.3. The fraction of sp³-hybridized carbons (Fsp3) is 0.333. The topological polar surface area (TPSA) is 75.6 Å². The molecule has 2 bridgehead atoms. The molecule has 0 aromatic heterocycles. The molecule has 5 nitrogen and oxygen atoms in total. The van der Waals surface area contributed by atoms with Crippen LogP contribution in [0.5, 0.6) is 0 Å². The molecule has 3 rings (SSSR count). The lowest BCUT2D eigenvalue weighted by molar-refractivity contribution is -0.146. The van der Waals surface area contributed by atoms with E-state index >= 15 is 0 Å². The Hall–Kier alpha value is -1.56. The first-order valence-corrected chi connectivity index (χ1v) is 7.43. The predicted molar refractivity (Wildman–Crippen MR) is 82.1 cm³/mol. The number of carboxylic acid groups (broad SMARTS) is 1. The molecule has 1 amide bonds. The van der Waals surface area contributed by atoms with Crippen molar-refractivity contribution in [3.05, 3.63) is 40.4 Å². The van der Waals surface area contributed by atoms with Crippen molar-refractivity contribution in [2.75, 3.05) is 5.32 Å². The van der Waals surface area contributed by atoms with Gasteiger partial charge in [0.2, 0.25) is 5.91 Å². The fourth-order valence-corrected chi connectivity index (χ4v) is 3.54. The van der Waals surface area contributed by atoms with Crippen LogP contribution in [0, 0.1) is 11.8 Å². The van der Waals surface area contributed by atoms with E-state index in [9.17, 15) is 14.7 Å². The molecular formula is C15H13Cl2NO4. The lowest BCUT2D eigenvalue weighted by atomic mass is 9.75. The molecule has 0 unspecified atom stereocenters. The van der Waals surface area contributed by atoms with Crippen molar-refractivity contribution < 1.29 is 19.4 Å². The summed E-state index contributed by atoms with van der Waals surface area (Å²) in [5.74, 6) is -3.24. The van der Waals surface area contributed by atoms with Crippen LogP contribution < -0.4 is 5.32 Å². The quantitative estimate of drug-likeness (QED) is 0.828. The third kappa shape index (κ3) is 2.39. The summed E-state index contributed by atoms with van der Waals surface area (Å²) in [4.78, 5) is 24.1. The summed E-state index contributed by atoms with van der Waals surface area (Å²) in [6.07, 6.45) is 2.85. The SMILES string of the molecule is C[C@@]12C=C[C@@H](O1)[C@H](C(=O)O)[C@@H]2C(=O)Nc1ccc(Cl)cc1Cl. The number of carboxylic acids is 1. The molecule has 2 aliphatic heterocycles. The minimum absolute atomic E-state index is 0.289. The number of fused-ring (bicyclic) bond motifs is 2. The summed E-state index contributed by atoms with van der Waals surface area (Å²) < 4.78 is 5.65. The van der Waals surface area contributed by atoms with Gasteiger partial charge in [-0.1, -0.05) is 35.4 Å². The highest BCUT2D eigenvalue weighted by Crippen LogP contribution is 2.47. The van der Waals surface area contributed by atoms with Crippen LogP contribution in [0.2, 0.25) is 10.0 Å². The number of hydrogen-bond donors (Lipinski definition) is 2. The second-order valence-corrected chi connectivity index (χ2v) is 6.42. The molecule has 7 heteroatoms. The smallest absolute Gasteiger partial charge is 0.310 e. The first-order valence-electron chi connectivity index (χ1n) is 6.68. The summed E-state index contributed by atoms with van der Waals surface area (Å²) >= 11 is 11.8. The van der Waals surface area contributed by atoms with Gasteiger partial charge in [0.05, 0.1) is 28.3 Å². The van der Waals surface area contributed by atoms with Gasteiger partial charge in [0.15, 0.2) is 0 Å².